The van der Waals surface area contributed by atoms with E-state index in [9.17, 15) is 4.79 Å². The second-order valence-corrected chi connectivity index (χ2v) is 9.77. The number of fused-ring (bicyclic) bond motifs is 1. The lowest BCUT2D eigenvalue weighted by atomic mass is 10.2. The Morgan fingerprint density at radius 2 is 1.71 bits per heavy atom. The van der Waals surface area contributed by atoms with Crippen LogP contribution in [0.2, 0.25) is 0 Å². The molecule has 142 valence electrons. The van der Waals surface area contributed by atoms with Crippen LogP contribution in [-0.2, 0) is 0 Å². The number of nitrogens with zero attached hydrogens (tertiary/aromatic N) is 1. The third-order valence-electron chi connectivity index (χ3n) is 3.87. The minimum absolute atomic E-state index is 0. The van der Waals surface area contributed by atoms with Crippen LogP contribution in [0.25, 0.3) is 10.2 Å². The molecule has 0 bridgehead atoms. The lowest BCUT2D eigenvalue weighted by Crippen LogP contribution is -3.61. The molecule has 0 saturated carbocycles. The van der Waals surface area contributed by atoms with Gasteiger partial charge in [0.2, 0.25) is 0 Å². The van der Waals surface area contributed by atoms with Crippen molar-refractivity contribution in [1.82, 2.24) is 4.98 Å². The fourth-order valence-electron chi connectivity index (χ4n) is 2.52. The molecule has 0 unspecified atom stereocenters. The highest BCUT2D eigenvalue weighted by Gasteiger charge is 2.16. The van der Waals surface area contributed by atoms with E-state index in [0.717, 1.165) is 16.0 Å². The van der Waals surface area contributed by atoms with Crippen molar-refractivity contribution in [2.24, 2.45) is 0 Å². The monoisotopic (exact) mass is 566 g/mol. The Morgan fingerprint density at radius 1 is 1.00 bits per heavy atom. The summed E-state index contributed by atoms with van der Waals surface area (Å²) in [5.74, 6) is 0.631. The van der Waals surface area contributed by atoms with E-state index in [0.29, 0.717) is 10.7 Å². The number of thiazole rings is 1. The molecular formula is C21H16BrIN2O2S. The third-order valence-corrected chi connectivity index (χ3v) is 7.49. The molecule has 0 atom stereocenters. The Kier molecular flexibility index (Phi) is 7.03. The molecule has 1 heterocycles. The second kappa shape index (κ2) is 9.49. The fourth-order valence-corrected chi connectivity index (χ4v) is 5.63. The minimum Gasteiger partial charge on any atom is -1.00 e. The van der Waals surface area contributed by atoms with Gasteiger partial charge < -0.3 is 21.7 Å². The number of hydrogen-bond acceptors (Lipinski definition) is 4. The van der Waals surface area contributed by atoms with Gasteiger partial charge in [0.15, 0.2) is 12.3 Å². The van der Waals surface area contributed by atoms with Gasteiger partial charge in [-0.15, -0.1) is 0 Å². The summed E-state index contributed by atoms with van der Waals surface area (Å²) in [4.78, 5) is 17.0. The standard InChI is InChI=1S/C21H15IN2O2S.BrH/c1-26-17-11-12-18-19(13-17)27-21(23-18)24-20(25)14-7-9-16(10-8-14)22-15-5-3-2-4-6-15;/h2-13H,1H3;1H. The molecule has 28 heavy (non-hydrogen) atoms. The van der Waals surface area contributed by atoms with E-state index in [1.54, 1.807) is 7.11 Å². The van der Waals surface area contributed by atoms with Crippen LogP contribution in [0.4, 0.5) is 5.13 Å². The summed E-state index contributed by atoms with van der Waals surface area (Å²) in [7, 11) is 1.63. The lowest BCUT2D eigenvalue weighted by molar-refractivity contribution is -0.597. The first kappa shape index (κ1) is 20.8. The molecule has 0 aliphatic carbocycles. The first-order valence-electron chi connectivity index (χ1n) is 8.27. The van der Waals surface area contributed by atoms with E-state index < -0.39 is 0 Å². The average molecular weight is 567 g/mol. The molecule has 0 fully saturated rings. The summed E-state index contributed by atoms with van der Waals surface area (Å²) in [6, 6.07) is 24.0. The zero-order valence-electron chi connectivity index (χ0n) is 14.9. The van der Waals surface area contributed by atoms with Crippen molar-refractivity contribution in [2.45, 2.75) is 0 Å². The maximum Gasteiger partial charge on any atom is 0.357 e. The van der Waals surface area contributed by atoms with Crippen LogP contribution in [0.15, 0.2) is 72.8 Å². The average Bonchev–Trinajstić information content (AvgIpc) is 3.10. The first-order valence-corrected chi connectivity index (χ1v) is 11.2. The van der Waals surface area contributed by atoms with E-state index in [-0.39, 0.29) is 44.1 Å². The smallest absolute Gasteiger partial charge is 0.357 e. The minimum atomic E-state index is -0.226. The van der Waals surface area contributed by atoms with Gasteiger partial charge in [0, 0.05) is 5.56 Å². The summed E-state index contributed by atoms with van der Waals surface area (Å²) in [5, 5.41) is 3.48. The Hall–Kier alpha value is -1.97. The van der Waals surface area contributed by atoms with Crippen LogP contribution >= 0.6 is 11.3 Å². The van der Waals surface area contributed by atoms with Gasteiger partial charge in [-0.1, -0.05) is 29.5 Å². The summed E-state index contributed by atoms with van der Waals surface area (Å²) in [6.07, 6.45) is 0. The van der Waals surface area contributed by atoms with Crippen LogP contribution in [-0.4, -0.2) is 18.0 Å². The molecular weight excluding hydrogens is 551 g/mol. The topological polar surface area (TPSA) is 51.2 Å². The lowest BCUT2D eigenvalue weighted by Gasteiger charge is -2.00. The van der Waals surface area contributed by atoms with Gasteiger partial charge in [0.25, 0.3) is 5.91 Å². The van der Waals surface area contributed by atoms with E-state index in [4.69, 9.17) is 4.74 Å². The molecule has 7 heteroatoms. The number of carbonyl (C=O) groups is 1. The van der Waals surface area contributed by atoms with Crippen LogP contribution in [0.5, 0.6) is 5.75 Å². The van der Waals surface area contributed by atoms with Crippen LogP contribution in [0.3, 0.4) is 0 Å². The number of rotatable bonds is 5. The van der Waals surface area contributed by atoms with Crippen molar-refractivity contribution in [3.05, 3.63) is 85.5 Å². The number of halogens is 2. The second-order valence-electron chi connectivity index (χ2n) is 5.70. The van der Waals surface area contributed by atoms with Crippen molar-refractivity contribution < 1.29 is 47.7 Å². The normalized spacial score (nSPS) is 10.3. The van der Waals surface area contributed by atoms with Crippen molar-refractivity contribution in [3.63, 3.8) is 0 Å². The van der Waals surface area contributed by atoms with Gasteiger partial charge in [-0.25, -0.2) is 4.98 Å². The number of benzene rings is 3. The molecule has 1 amide bonds. The summed E-state index contributed by atoms with van der Waals surface area (Å²) in [5.41, 5.74) is 1.48. The zero-order chi connectivity index (χ0) is 18.6. The highest BCUT2D eigenvalue weighted by atomic mass is 127. The number of nitrogens with one attached hydrogen (secondary N) is 1. The predicted molar refractivity (Wildman–Crippen MR) is 104 cm³/mol. The Bertz CT molecular complexity index is 1080. The number of carbonyl (C=O) groups excluding carboxylic acids is 1. The Balaban J connectivity index is 0.00000225. The van der Waals surface area contributed by atoms with Gasteiger partial charge in [0.1, 0.15) is 5.75 Å². The van der Waals surface area contributed by atoms with E-state index in [2.05, 4.69) is 34.6 Å². The first-order chi connectivity index (χ1) is 13.2. The molecule has 0 radical (unpaired) electrons. The molecule has 4 aromatic rings. The van der Waals surface area contributed by atoms with Crippen LogP contribution < -0.4 is 48.2 Å². The van der Waals surface area contributed by atoms with Gasteiger partial charge in [0.05, 0.1) is 17.3 Å². The number of ether oxygens (including phenoxy) is 1. The third kappa shape index (κ3) is 4.89. The highest BCUT2D eigenvalue weighted by molar-refractivity contribution is 7.22. The zero-order valence-corrected chi connectivity index (χ0v) is 19.4. The Morgan fingerprint density at radius 3 is 2.43 bits per heavy atom. The van der Waals surface area contributed by atoms with Gasteiger partial charge >= 0.3 is 21.2 Å². The number of amides is 1. The molecule has 0 aliphatic rings. The molecule has 1 aromatic heterocycles. The summed E-state index contributed by atoms with van der Waals surface area (Å²) in [6.45, 7) is 0. The number of methoxy groups -OCH3 is 1. The fraction of sp³-hybridized carbons (Fsp3) is 0.0476. The molecule has 0 saturated heterocycles. The number of hydrogen-bond donors (Lipinski definition) is 1. The predicted octanol–water partition coefficient (Wildman–Crippen LogP) is -1.31. The van der Waals surface area contributed by atoms with Crippen LogP contribution in [0.1, 0.15) is 10.4 Å². The number of anilines is 1. The Labute approximate surface area is 188 Å². The maximum absolute atomic E-state index is 12.5. The summed E-state index contributed by atoms with van der Waals surface area (Å²) >= 11 is 1.21. The van der Waals surface area contributed by atoms with E-state index in [1.165, 1.54) is 18.5 Å². The SMILES string of the molecule is COc1ccc2nc(NC(=O)c3ccc([I+]c4ccccc4)cc3)sc2c1.[Br-]. The van der Waals surface area contributed by atoms with E-state index >= 15 is 0 Å². The maximum atomic E-state index is 12.5. The van der Waals surface area contributed by atoms with Crippen molar-refractivity contribution in [2.75, 3.05) is 12.4 Å². The quantitative estimate of drug-likeness (QED) is 0.305. The molecule has 1 N–H and O–H groups in total. The van der Waals surface area contributed by atoms with Crippen molar-refractivity contribution >= 4 is 32.6 Å². The summed E-state index contributed by atoms with van der Waals surface area (Å²) < 4.78 is 8.85. The number of aromatic nitrogens is 1. The van der Waals surface area contributed by atoms with Gasteiger partial charge in [-0.2, -0.15) is 0 Å². The van der Waals surface area contributed by atoms with Crippen LogP contribution in [0, 0.1) is 7.14 Å². The van der Waals surface area contributed by atoms with Gasteiger partial charge in [-0.3, -0.25) is 10.1 Å². The molecule has 3 aromatic carbocycles. The van der Waals surface area contributed by atoms with E-state index in [1.807, 2.05) is 48.5 Å². The van der Waals surface area contributed by atoms with Gasteiger partial charge in [-0.05, 0) is 54.6 Å². The molecule has 4 rings (SSSR count). The molecule has 4 nitrogen and oxygen atoms in total. The van der Waals surface area contributed by atoms with Crippen molar-refractivity contribution in [1.29, 1.82) is 0 Å². The highest BCUT2D eigenvalue weighted by Crippen LogP contribution is 2.29. The largest absolute Gasteiger partial charge is 1.00 e. The molecule has 0 spiro atoms. The van der Waals surface area contributed by atoms with Crippen molar-refractivity contribution in [3.8, 4) is 5.75 Å². The molecule has 0 aliphatic heterocycles.